The summed E-state index contributed by atoms with van der Waals surface area (Å²) >= 11 is 0. The molecule has 2 heterocycles. The molecule has 0 aliphatic heterocycles. The first-order chi connectivity index (χ1) is 11.1. The second-order valence-corrected chi connectivity index (χ2v) is 4.66. The highest BCUT2D eigenvalue weighted by Crippen LogP contribution is 2.31. The zero-order chi connectivity index (χ0) is 16.4. The molecular formula is C16H13N4O3. The van der Waals surface area contributed by atoms with Crippen LogP contribution in [-0.4, -0.2) is 35.1 Å². The molecule has 0 aliphatic carbocycles. The van der Waals surface area contributed by atoms with E-state index in [0.717, 1.165) is 5.56 Å². The molecule has 1 amide bonds. The minimum atomic E-state index is -0.677. The van der Waals surface area contributed by atoms with Gasteiger partial charge in [0.05, 0.1) is 19.9 Å². The molecule has 2 N–H and O–H groups in total. The van der Waals surface area contributed by atoms with Gasteiger partial charge in [-0.15, -0.1) is 0 Å². The van der Waals surface area contributed by atoms with E-state index in [2.05, 4.69) is 21.1 Å². The molecule has 0 saturated heterocycles. The standard InChI is InChI=1S/C16H13N4O3/c1-22-13-6-3-9(7-14(13)23-2)10-4-5-11-16(20-10)18-8-12(19-11)15(17)21/h3-7H,1-2H3,(H2,17,21). The summed E-state index contributed by atoms with van der Waals surface area (Å²) in [6.07, 6.45) is 2.49. The largest absolute Gasteiger partial charge is 0.493 e. The lowest BCUT2D eigenvalue weighted by Gasteiger charge is -2.09. The number of nitrogens with zero attached hydrogens (tertiary/aromatic N) is 3. The van der Waals surface area contributed by atoms with Gasteiger partial charge in [0.2, 0.25) is 0 Å². The number of rotatable bonds is 4. The van der Waals surface area contributed by atoms with Crippen molar-refractivity contribution >= 4 is 17.1 Å². The van der Waals surface area contributed by atoms with E-state index >= 15 is 0 Å². The number of hydrogen-bond donors (Lipinski definition) is 1. The fraction of sp³-hybridized carbons (Fsp3) is 0.125. The van der Waals surface area contributed by atoms with Crippen molar-refractivity contribution in [3.8, 4) is 22.8 Å². The van der Waals surface area contributed by atoms with Crippen molar-refractivity contribution in [1.29, 1.82) is 0 Å². The summed E-state index contributed by atoms with van der Waals surface area (Å²) in [5.74, 6) is 0.563. The van der Waals surface area contributed by atoms with Gasteiger partial charge in [0.25, 0.3) is 5.91 Å². The SMILES string of the molecule is COc1ccc(-c2ccc3nc(C(N)=O)[c]nc3n2)cc1OC. The Morgan fingerprint density at radius 1 is 1.09 bits per heavy atom. The van der Waals surface area contributed by atoms with E-state index < -0.39 is 5.91 Å². The minimum Gasteiger partial charge on any atom is -0.493 e. The molecule has 1 radical (unpaired) electrons. The van der Waals surface area contributed by atoms with Gasteiger partial charge < -0.3 is 15.2 Å². The molecule has 3 aromatic rings. The van der Waals surface area contributed by atoms with Crippen LogP contribution >= 0.6 is 0 Å². The average molecular weight is 309 g/mol. The second-order valence-electron chi connectivity index (χ2n) is 4.66. The fourth-order valence-electron chi connectivity index (χ4n) is 2.13. The van der Waals surface area contributed by atoms with Gasteiger partial charge in [0.1, 0.15) is 11.7 Å². The molecule has 0 unspecified atom stereocenters. The first kappa shape index (κ1) is 14.7. The normalized spacial score (nSPS) is 10.5. The van der Waals surface area contributed by atoms with Gasteiger partial charge >= 0.3 is 0 Å². The molecule has 7 nitrogen and oxygen atoms in total. The number of amides is 1. The quantitative estimate of drug-likeness (QED) is 0.786. The number of ether oxygens (including phenoxy) is 2. The van der Waals surface area contributed by atoms with Crippen LogP contribution in [-0.2, 0) is 0 Å². The topological polar surface area (TPSA) is 100 Å². The van der Waals surface area contributed by atoms with Gasteiger partial charge in [0, 0.05) is 5.56 Å². The number of hydrogen-bond acceptors (Lipinski definition) is 6. The zero-order valence-electron chi connectivity index (χ0n) is 12.5. The number of benzene rings is 1. The van der Waals surface area contributed by atoms with Crippen molar-refractivity contribution in [3.05, 3.63) is 42.2 Å². The number of primary amides is 1. The van der Waals surface area contributed by atoms with Crippen LogP contribution in [0.2, 0.25) is 0 Å². The second kappa shape index (κ2) is 5.88. The van der Waals surface area contributed by atoms with Crippen molar-refractivity contribution in [2.24, 2.45) is 5.73 Å². The summed E-state index contributed by atoms with van der Waals surface area (Å²) < 4.78 is 10.5. The number of nitrogens with two attached hydrogens (primary N) is 1. The van der Waals surface area contributed by atoms with Gasteiger partial charge in [-0.3, -0.25) is 4.79 Å². The molecule has 2 aromatic heterocycles. The van der Waals surface area contributed by atoms with E-state index in [1.54, 1.807) is 32.4 Å². The molecule has 0 fully saturated rings. The van der Waals surface area contributed by atoms with E-state index in [9.17, 15) is 4.79 Å². The van der Waals surface area contributed by atoms with Crippen LogP contribution in [0.15, 0.2) is 30.3 Å². The summed E-state index contributed by atoms with van der Waals surface area (Å²) in [5.41, 5.74) is 7.53. The van der Waals surface area contributed by atoms with Crippen LogP contribution in [0.4, 0.5) is 0 Å². The van der Waals surface area contributed by atoms with Crippen molar-refractivity contribution in [2.75, 3.05) is 14.2 Å². The van der Waals surface area contributed by atoms with Crippen LogP contribution in [0.1, 0.15) is 10.5 Å². The van der Waals surface area contributed by atoms with Gasteiger partial charge in [0.15, 0.2) is 22.8 Å². The first-order valence-corrected chi connectivity index (χ1v) is 6.71. The molecule has 0 saturated carbocycles. The highest BCUT2D eigenvalue weighted by Gasteiger charge is 2.10. The van der Waals surface area contributed by atoms with Crippen LogP contribution < -0.4 is 15.2 Å². The van der Waals surface area contributed by atoms with E-state index in [-0.39, 0.29) is 5.69 Å². The third-order valence-corrected chi connectivity index (χ3v) is 3.27. The Morgan fingerprint density at radius 2 is 1.87 bits per heavy atom. The van der Waals surface area contributed by atoms with Gasteiger partial charge in [-0.05, 0) is 30.3 Å². The smallest absolute Gasteiger partial charge is 0.269 e. The van der Waals surface area contributed by atoms with Gasteiger partial charge in [-0.1, -0.05) is 0 Å². The van der Waals surface area contributed by atoms with Crippen LogP contribution in [0, 0.1) is 6.20 Å². The molecule has 0 spiro atoms. The number of aromatic nitrogens is 3. The van der Waals surface area contributed by atoms with E-state index in [0.29, 0.717) is 28.4 Å². The summed E-state index contributed by atoms with van der Waals surface area (Å²) in [6.45, 7) is 0. The number of carbonyl (C=O) groups is 1. The number of methoxy groups -OCH3 is 2. The average Bonchev–Trinajstić information content (AvgIpc) is 2.60. The summed E-state index contributed by atoms with van der Waals surface area (Å²) in [5, 5.41) is 0. The van der Waals surface area contributed by atoms with Crippen LogP contribution in [0.5, 0.6) is 11.5 Å². The Morgan fingerprint density at radius 3 is 2.57 bits per heavy atom. The van der Waals surface area contributed by atoms with Gasteiger partial charge in [-0.25, -0.2) is 15.0 Å². The molecule has 0 aliphatic rings. The Bertz CT molecular complexity index is 896. The first-order valence-electron chi connectivity index (χ1n) is 6.71. The predicted molar refractivity (Wildman–Crippen MR) is 83.2 cm³/mol. The molecule has 0 atom stereocenters. The molecule has 0 bridgehead atoms. The van der Waals surface area contributed by atoms with Crippen LogP contribution in [0.3, 0.4) is 0 Å². The number of pyridine rings is 1. The lowest BCUT2D eigenvalue weighted by atomic mass is 10.1. The maximum atomic E-state index is 11.1. The maximum absolute atomic E-state index is 11.1. The minimum absolute atomic E-state index is 0.0156. The lowest BCUT2D eigenvalue weighted by Crippen LogP contribution is -2.13. The zero-order valence-corrected chi connectivity index (χ0v) is 12.5. The van der Waals surface area contributed by atoms with Crippen molar-refractivity contribution in [3.63, 3.8) is 0 Å². The van der Waals surface area contributed by atoms with E-state index in [1.165, 1.54) is 0 Å². The van der Waals surface area contributed by atoms with E-state index in [4.69, 9.17) is 15.2 Å². The van der Waals surface area contributed by atoms with Gasteiger partial charge in [-0.2, -0.15) is 0 Å². The van der Waals surface area contributed by atoms with Crippen molar-refractivity contribution < 1.29 is 14.3 Å². The third-order valence-electron chi connectivity index (χ3n) is 3.27. The van der Waals surface area contributed by atoms with Crippen molar-refractivity contribution in [2.45, 2.75) is 0 Å². The molecule has 1 aromatic carbocycles. The summed E-state index contributed by atoms with van der Waals surface area (Å²) in [7, 11) is 3.15. The monoisotopic (exact) mass is 309 g/mol. The summed E-state index contributed by atoms with van der Waals surface area (Å²) in [6, 6.07) is 8.99. The Hall–Kier alpha value is -3.22. The molecule has 115 valence electrons. The fourth-order valence-corrected chi connectivity index (χ4v) is 2.13. The summed E-state index contributed by atoms with van der Waals surface area (Å²) in [4.78, 5) is 23.6. The number of carbonyl (C=O) groups excluding carboxylic acids is 1. The lowest BCUT2D eigenvalue weighted by molar-refractivity contribution is 0.0995. The van der Waals surface area contributed by atoms with Crippen molar-refractivity contribution in [1.82, 2.24) is 15.0 Å². The highest BCUT2D eigenvalue weighted by molar-refractivity contribution is 5.91. The Labute approximate surface area is 132 Å². The molecule has 7 heteroatoms. The Balaban J connectivity index is 2.07. The van der Waals surface area contributed by atoms with Crippen LogP contribution in [0.25, 0.3) is 22.4 Å². The highest BCUT2D eigenvalue weighted by atomic mass is 16.5. The number of fused-ring (bicyclic) bond motifs is 1. The molecular weight excluding hydrogens is 296 g/mol. The molecule has 3 rings (SSSR count). The van der Waals surface area contributed by atoms with E-state index in [1.807, 2.05) is 12.1 Å². The Kier molecular flexibility index (Phi) is 3.76. The predicted octanol–water partition coefficient (Wildman–Crippen LogP) is 1.61. The molecule has 23 heavy (non-hydrogen) atoms. The maximum Gasteiger partial charge on any atom is 0.269 e. The third kappa shape index (κ3) is 2.76.